The summed E-state index contributed by atoms with van der Waals surface area (Å²) < 4.78 is 0. The van der Waals surface area contributed by atoms with Crippen molar-refractivity contribution >= 4 is 17.7 Å². The Morgan fingerprint density at radius 2 is 2.09 bits per heavy atom. The van der Waals surface area contributed by atoms with E-state index in [2.05, 4.69) is 15.3 Å². The van der Waals surface area contributed by atoms with Gasteiger partial charge in [-0.3, -0.25) is 4.79 Å². The summed E-state index contributed by atoms with van der Waals surface area (Å²) in [4.78, 5) is 30.2. The Hall–Kier alpha value is -2.08. The van der Waals surface area contributed by atoms with Crippen LogP contribution in [-0.4, -0.2) is 21.6 Å². The number of amides is 1. The molecular weight excluding hydrogens is 298 g/mol. The van der Waals surface area contributed by atoms with E-state index in [9.17, 15) is 9.59 Å². The fourth-order valence-corrected chi connectivity index (χ4v) is 3.45. The highest BCUT2D eigenvalue weighted by molar-refractivity contribution is 7.99. The lowest BCUT2D eigenvalue weighted by molar-refractivity contribution is -0.118. The number of nitrogens with zero attached hydrogens (tertiary/aromatic N) is 1. The second-order valence-corrected chi connectivity index (χ2v) is 6.17. The summed E-state index contributed by atoms with van der Waals surface area (Å²) in [6.45, 7) is 0.515. The number of nitrogens with one attached hydrogen (secondary N) is 2. The number of hydrogen-bond acceptors (Lipinski definition) is 4. The topological polar surface area (TPSA) is 74.8 Å². The summed E-state index contributed by atoms with van der Waals surface area (Å²) in [5.41, 5.74) is 2.82. The standard InChI is InChI=1S/C16H17N3O2S/c20-14(17-9-11-5-2-1-3-6-11)10-22-15-12-7-4-8-13(12)18-16(21)19-15/h1-3,5-6H,4,7-10H2,(H,17,20)(H,18,19,21). The van der Waals surface area contributed by atoms with E-state index in [0.717, 1.165) is 36.1 Å². The third-order valence-electron chi connectivity index (χ3n) is 3.61. The lowest BCUT2D eigenvalue weighted by Gasteiger charge is -2.07. The molecule has 114 valence electrons. The first-order valence-electron chi connectivity index (χ1n) is 7.28. The van der Waals surface area contributed by atoms with Crippen LogP contribution >= 0.6 is 11.8 Å². The molecule has 0 bridgehead atoms. The molecule has 1 amide bonds. The maximum absolute atomic E-state index is 11.9. The van der Waals surface area contributed by atoms with E-state index in [1.807, 2.05) is 30.3 Å². The van der Waals surface area contributed by atoms with Crippen molar-refractivity contribution in [2.24, 2.45) is 0 Å². The molecule has 1 aromatic carbocycles. The number of carbonyl (C=O) groups excluding carboxylic acids is 1. The zero-order valence-electron chi connectivity index (χ0n) is 12.1. The minimum atomic E-state index is -0.326. The smallest absolute Gasteiger partial charge is 0.346 e. The molecule has 2 N–H and O–H groups in total. The van der Waals surface area contributed by atoms with Crippen LogP contribution in [0, 0.1) is 0 Å². The van der Waals surface area contributed by atoms with Crippen molar-refractivity contribution in [1.29, 1.82) is 0 Å². The molecule has 0 fully saturated rings. The number of aromatic nitrogens is 2. The Morgan fingerprint density at radius 1 is 1.27 bits per heavy atom. The number of rotatable bonds is 5. The van der Waals surface area contributed by atoms with E-state index >= 15 is 0 Å². The molecule has 0 aliphatic heterocycles. The van der Waals surface area contributed by atoms with Gasteiger partial charge >= 0.3 is 5.69 Å². The Kier molecular flexibility index (Phi) is 4.58. The fourth-order valence-electron chi connectivity index (χ4n) is 2.54. The van der Waals surface area contributed by atoms with Gasteiger partial charge in [0.2, 0.25) is 5.91 Å². The van der Waals surface area contributed by atoms with E-state index < -0.39 is 0 Å². The van der Waals surface area contributed by atoms with Crippen LogP contribution in [0.25, 0.3) is 0 Å². The van der Waals surface area contributed by atoms with E-state index in [-0.39, 0.29) is 17.3 Å². The zero-order chi connectivity index (χ0) is 15.4. The molecule has 0 radical (unpaired) electrons. The van der Waals surface area contributed by atoms with Crippen LogP contribution in [0.5, 0.6) is 0 Å². The summed E-state index contributed by atoms with van der Waals surface area (Å²) in [6, 6.07) is 9.77. The second kappa shape index (κ2) is 6.79. The number of benzene rings is 1. The number of carbonyl (C=O) groups is 1. The van der Waals surface area contributed by atoms with E-state index in [1.165, 1.54) is 11.8 Å². The molecule has 22 heavy (non-hydrogen) atoms. The lowest BCUT2D eigenvalue weighted by Crippen LogP contribution is -2.25. The average Bonchev–Trinajstić information content (AvgIpc) is 3.00. The summed E-state index contributed by atoms with van der Waals surface area (Å²) >= 11 is 1.34. The number of H-pyrrole nitrogens is 1. The van der Waals surface area contributed by atoms with Gasteiger partial charge in [-0.1, -0.05) is 42.1 Å². The molecule has 1 aliphatic rings. The zero-order valence-corrected chi connectivity index (χ0v) is 12.9. The van der Waals surface area contributed by atoms with Gasteiger partial charge < -0.3 is 10.3 Å². The van der Waals surface area contributed by atoms with Crippen molar-refractivity contribution in [3.63, 3.8) is 0 Å². The van der Waals surface area contributed by atoms with Crippen LogP contribution in [0.4, 0.5) is 0 Å². The highest BCUT2D eigenvalue weighted by Gasteiger charge is 2.18. The third kappa shape index (κ3) is 3.57. The largest absolute Gasteiger partial charge is 0.351 e. The highest BCUT2D eigenvalue weighted by atomic mass is 32.2. The fraction of sp³-hybridized carbons (Fsp3) is 0.312. The Labute approximate surface area is 132 Å². The van der Waals surface area contributed by atoms with Gasteiger partial charge in [0.25, 0.3) is 0 Å². The minimum Gasteiger partial charge on any atom is -0.351 e. The maximum Gasteiger partial charge on any atom is 0.346 e. The second-order valence-electron chi connectivity index (χ2n) is 5.21. The first-order chi connectivity index (χ1) is 10.7. The maximum atomic E-state index is 11.9. The van der Waals surface area contributed by atoms with Crippen LogP contribution < -0.4 is 11.0 Å². The van der Waals surface area contributed by atoms with Crippen molar-refractivity contribution < 1.29 is 4.79 Å². The summed E-state index contributed by atoms with van der Waals surface area (Å²) in [5, 5.41) is 3.58. The van der Waals surface area contributed by atoms with Crippen molar-refractivity contribution in [3.8, 4) is 0 Å². The van der Waals surface area contributed by atoms with E-state index in [1.54, 1.807) is 0 Å². The summed E-state index contributed by atoms with van der Waals surface area (Å²) in [7, 11) is 0. The van der Waals surface area contributed by atoms with Gasteiger partial charge in [0.05, 0.1) is 5.75 Å². The first-order valence-corrected chi connectivity index (χ1v) is 8.26. The van der Waals surface area contributed by atoms with Crippen LogP contribution in [0.1, 0.15) is 23.2 Å². The quantitative estimate of drug-likeness (QED) is 0.650. The van der Waals surface area contributed by atoms with E-state index in [0.29, 0.717) is 11.6 Å². The average molecular weight is 315 g/mol. The lowest BCUT2D eigenvalue weighted by atomic mass is 10.2. The van der Waals surface area contributed by atoms with Crippen molar-refractivity contribution in [2.45, 2.75) is 30.8 Å². The molecule has 5 nitrogen and oxygen atoms in total. The molecular formula is C16H17N3O2S. The molecule has 0 saturated carbocycles. The molecule has 0 unspecified atom stereocenters. The first kappa shape index (κ1) is 14.8. The van der Waals surface area contributed by atoms with Crippen molar-refractivity contribution in [1.82, 2.24) is 15.3 Å². The van der Waals surface area contributed by atoms with Crippen LogP contribution in [0.3, 0.4) is 0 Å². The molecule has 3 rings (SSSR count). The number of aryl methyl sites for hydroxylation is 1. The van der Waals surface area contributed by atoms with Crippen molar-refractivity contribution in [2.75, 3.05) is 5.75 Å². The third-order valence-corrected chi connectivity index (χ3v) is 4.63. The van der Waals surface area contributed by atoms with Gasteiger partial charge in [0.1, 0.15) is 5.03 Å². The highest BCUT2D eigenvalue weighted by Crippen LogP contribution is 2.27. The molecule has 0 saturated heterocycles. The molecule has 1 heterocycles. The summed E-state index contributed by atoms with van der Waals surface area (Å²) in [6.07, 6.45) is 2.85. The Balaban J connectivity index is 1.57. The van der Waals surface area contributed by atoms with E-state index in [4.69, 9.17) is 0 Å². The SMILES string of the molecule is O=C(CSc1nc(=O)[nH]c2c1CCC2)NCc1ccccc1. The molecule has 2 aromatic rings. The number of thioether (sulfide) groups is 1. The number of aromatic amines is 1. The normalized spacial score (nSPS) is 12.9. The van der Waals surface area contributed by atoms with Gasteiger partial charge in [-0.25, -0.2) is 4.79 Å². The van der Waals surface area contributed by atoms with Gasteiger partial charge in [0, 0.05) is 17.8 Å². The Morgan fingerprint density at radius 3 is 2.91 bits per heavy atom. The number of hydrogen-bond donors (Lipinski definition) is 2. The monoisotopic (exact) mass is 315 g/mol. The minimum absolute atomic E-state index is 0.0531. The molecule has 1 aliphatic carbocycles. The molecule has 1 aromatic heterocycles. The van der Waals surface area contributed by atoms with Crippen LogP contribution in [0.2, 0.25) is 0 Å². The Bertz CT molecular complexity index is 728. The van der Waals surface area contributed by atoms with Gasteiger partial charge in [-0.2, -0.15) is 4.98 Å². The molecule has 6 heteroatoms. The predicted molar refractivity (Wildman–Crippen MR) is 85.9 cm³/mol. The van der Waals surface area contributed by atoms with Crippen LogP contribution in [-0.2, 0) is 24.2 Å². The molecule has 0 atom stereocenters. The van der Waals surface area contributed by atoms with Gasteiger partial charge in [-0.15, -0.1) is 0 Å². The number of fused-ring (bicyclic) bond motifs is 1. The predicted octanol–water partition coefficient (Wildman–Crippen LogP) is 1.67. The molecule has 0 spiro atoms. The van der Waals surface area contributed by atoms with Crippen molar-refractivity contribution in [3.05, 3.63) is 57.6 Å². The van der Waals surface area contributed by atoms with Crippen LogP contribution in [0.15, 0.2) is 40.2 Å². The van der Waals surface area contributed by atoms with Gasteiger partial charge in [0.15, 0.2) is 0 Å². The van der Waals surface area contributed by atoms with Gasteiger partial charge in [-0.05, 0) is 24.8 Å². The summed E-state index contributed by atoms with van der Waals surface area (Å²) in [5.74, 6) is 0.220.